The Morgan fingerprint density at radius 3 is 2.45 bits per heavy atom. The predicted octanol–water partition coefficient (Wildman–Crippen LogP) is 1.05. The molecule has 0 saturated heterocycles. The third-order valence-electron chi connectivity index (χ3n) is 1.81. The van der Waals surface area contributed by atoms with E-state index in [0.717, 1.165) is 16.7 Å². The zero-order chi connectivity index (χ0) is 7.84. The van der Waals surface area contributed by atoms with Gasteiger partial charge in [0.05, 0.1) is 4.47 Å². The minimum absolute atomic E-state index is 0.288. The molecule has 0 aliphatic heterocycles. The Hall–Kier alpha value is -0.480. The van der Waals surface area contributed by atoms with Crippen molar-refractivity contribution in [3.63, 3.8) is 0 Å². The average molecular weight is 214 g/mol. The summed E-state index contributed by atoms with van der Waals surface area (Å²) in [7, 11) is 0. The lowest BCUT2D eigenvalue weighted by Crippen LogP contribution is -2.03. The van der Waals surface area contributed by atoms with Gasteiger partial charge in [0.1, 0.15) is 5.82 Å². The summed E-state index contributed by atoms with van der Waals surface area (Å²) < 4.78 is 0.912. The summed E-state index contributed by atoms with van der Waals surface area (Å²) in [5.41, 5.74) is 5.64. The summed E-state index contributed by atoms with van der Waals surface area (Å²) in [6.07, 6.45) is 4.54. The number of nitrogens with two attached hydrogens (primary N) is 1. The first-order valence-corrected chi connectivity index (χ1v) is 4.29. The maximum atomic E-state index is 5.64. The summed E-state index contributed by atoms with van der Waals surface area (Å²) in [4.78, 5) is 8.31. The number of aromatic nitrogens is 2. The van der Waals surface area contributed by atoms with Crippen LogP contribution in [0.4, 0.5) is 0 Å². The van der Waals surface area contributed by atoms with Crippen molar-refractivity contribution in [2.45, 2.75) is 18.4 Å². The fourth-order valence-electron chi connectivity index (χ4n) is 1.03. The number of nitrogens with zero attached hydrogens (tertiary/aromatic N) is 2. The highest BCUT2D eigenvalue weighted by Gasteiger charge is 2.37. The standard InChI is InChI=1S/C7H8BrN3/c8-4-2-10-7(11-3-4)5-1-6(5)9/h2-3,5-6H,1,9H2. The van der Waals surface area contributed by atoms with E-state index in [0.29, 0.717) is 5.92 Å². The van der Waals surface area contributed by atoms with E-state index >= 15 is 0 Å². The lowest BCUT2D eigenvalue weighted by Gasteiger charge is -1.94. The molecule has 0 aromatic carbocycles. The third-order valence-corrected chi connectivity index (χ3v) is 2.22. The highest BCUT2D eigenvalue weighted by atomic mass is 79.9. The van der Waals surface area contributed by atoms with Crippen LogP contribution in [0.15, 0.2) is 16.9 Å². The summed E-state index contributed by atoms with van der Waals surface area (Å²) in [5.74, 6) is 1.28. The summed E-state index contributed by atoms with van der Waals surface area (Å²) in [6.45, 7) is 0. The molecule has 1 aliphatic carbocycles. The van der Waals surface area contributed by atoms with E-state index in [1.165, 1.54) is 0 Å². The van der Waals surface area contributed by atoms with Gasteiger partial charge in [-0.05, 0) is 22.4 Å². The molecule has 1 heterocycles. The van der Waals surface area contributed by atoms with Gasteiger partial charge in [0.25, 0.3) is 0 Å². The monoisotopic (exact) mass is 213 g/mol. The Balaban J connectivity index is 2.21. The molecule has 2 rings (SSSR count). The molecule has 4 heteroatoms. The van der Waals surface area contributed by atoms with Crippen molar-refractivity contribution in [1.29, 1.82) is 0 Å². The van der Waals surface area contributed by atoms with Crippen LogP contribution in [-0.2, 0) is 0 Å². The number of halogens is 1. The zero-order valence-electron chi connectivity index (χ0n) is 5.87. The van der Waals surface area contributed by atoms with E-state index in [4.69, 9.17) is 5.73 Å². The second-order valence-corrected chi connectivity index (χ2v) is 3.68. The number of hydrogen-bond acceptors (Lipinski definition) is 3. The van der Waals surface area contributed by atoms with Crippen LogP contribution in [0.2, 0.25) is 0 Å². The maximum absolute atomic E-state index is 5.64. The molecule has 1 aromatic rings. The minimum atomic E-state index is 0.288. The van der Waals surface area contributed by atoms with E-state index in [2.05, 4.69) is 25.9 Å². The van der Waals surface area contributed by atoms with Gasteiger partial charge in [-0.25, -0.2) is 9.97 Å². The van der Waals surface area contributed by atoms with Crippen LogP contribution in [0, 0.1) is 0 Å². The average Bonchev–Trinajstić information content (AvgIpc) is 2.69. The van der Waals surface area contributed by atoms with Crippen molar-refractivity contribution in [2.24, 2.45) is 5.73 Å². The van der Waals surface area contributed by atoms with Crippen LogP contribution in [0.3, 0.4) is 0 Å². The van der Waals surface area contributed by atoms with Gasteiger partial charge in [-0.1, -0.05) is 0 Å². The Morgan fingerprint density at radius 2 is 2.00 bits per heavy atom. The molecule has 0 spiro atoms. The number of rotatable bonds is 1. The minimum Gasteiger partial charge on any atom is -0.327 e. The second kappa shape index (κ2) is 2.53. The van der Waals surface area contributed by atoms with Gasteiger partial charge in [-0.2, -0.15) is 0 Å². The van der Waals surface area contributed by atoms with Gasteiger partial charge in [0.15, 0.2) is 0 Å². The first-order chi connectivity index (χ1) is 5.27. The molecular weight excluding hydrogens is 206 g/mol. The van der Waals surface area contributed by atoms with Crippen molar-refractivity contribution >= 4 is 15.9 Å². The van der Waals surface area contributed by atoms with Crippen LogP contribution in [0.25, 0.3) is 0 Å². The third kappa shape index (κ3) is 1.41. The first-order valence-electron chi connectivity index (χ1n) is 3.50. The van der Waals surface area contributed by atoms with Crippen LogP contribution in [0.1, 0.15) is 18.2 Å². The summed E-state index contributed by atoms with van der Waals surface area (Å²) in [5, 5.41) is 0. The molecule has 1 saturated carbocycles. The first kappa shape index (κ1) is 7.18. The normalized spacial score (nSPS) is 28.5. The van der Waals surface area contributed by atoms with E-state index in [1.807, 2.05) is 0 Å². The number of hydrogen-bond donors (Lipinski definition) is 1. The zero-order valence-corrected chi connectivity index (χ0v) is 7.45. The topological polar surface area (TPSA) is 51.8 Å². The molecule has 0 radical (unpaired) electrons. The highest BCUT2D eigenvalue weighted by Crippen LogP contribution is 2.36. The smallest absolute Gasteiger partial charge is 0.132 e. The molecule has 1 aromatic heterocycles. The highest BCUT2D eigenvalue weighted by molar-refractivity contribution is 9.10. The molecule has 0 amide bonds. The van der Waals surface area contributed by atoms with Crippen molar-refractivity contribution in [2.75, 3.05) is 0 Å². The van der Waals surface area contributed by atoms with Crippen molar-refractivity contribution in [1.82, 2.24) is 9.97 Å². The Bertz CT molecular complexity index is 259. The summed E-state index contributed by atoms with van der Waals surface area (Å²) >= 11 is 3.27. The molecule has 3 nitrogen and oxygen atoms in total. The van der Waals surface area contributed by atoms with Crippen LogP contribution in [-0.4, -0.2) is 16.0 Å². The second-order valence-electron chi connectivity index (χ2n) is 2.77. The van der Waals surface area contributed by atoms with Crippen molar-refractivity contribution in [3.05, 3.63) is 22.7 Å². The molecule has 2 N–H and O–H groups in total. The lowest BCUT2D eigenvalue weighted by molar-refractivity contribution is 0.880. The quantitative estimate of drug-likeness (QED) is 0.760. The van der Waals surface area contributed by atoms with Crippen LogP contribution >= 0.6 is 15.9 Å². The molecular formula is C7H8BrN3. The van der Waals surface area contributed by atoms with Gasteiger partial charge >= 0.3 is 0 Å². The van der Waals surface area contributed by atoms with E-state index in [-0.39, 0.29) is 6.04 Å². The Kier molecular flexibility index (Phi) is 1.65. The maximum Gasteiger partial charge on any atom is 0.132 e. The lowest BCUT2D eigenvalue weighted by atomic mass is 10.4. The van der Waals surface area contributed by atoms with Crippen molar-refractivity contribution in [3.8, 4) is 0 Å². The largest absolute Gasteiger partial charge is 0.327 e. The molecule has 11 heavy (non-hydrogen) atoms. The van der Waals surface area contributed by atoms with E-state index in [1.54, 1.807) is 12.4 Å². The Morgan fingerprint density at radius 1 is 1.45 bits per heavy atom. The van der Waals surface area contributed by atoms with Gasteiger partial charge in [-0.15, -0.1) is 0 Å². The predicted molar refractivity (Wildman–Crippen MR) is 45.1 cm³/mol. The van der Waals surface area contributed by atoms with Crippen LogP contribution < -0.4 is 5.73 Å². The molecule has 1 aliphatic rings. The van der Waals surface area contributed by atoms with E-state index < -0.39 is 0 Å². The van der Waals surface area contributed by atoms with Crippen molar-refractivity contribution < 1.29 is 0 Å². The Labute approximate surface area is 73.2 Å². The summed E-state index contributed by atoms with van der Waals surface area (Å²) in [6, 6.07) is 0.288. The molecule has 58 valence electrons. The van der Waals surface area contributed by atoms with Gasteiger partial charge in [-0.3, -0.25) is 0 Å². The molecule has 2 unspecified atom stereocenters. The molecule has 2 atom stereocenters. The fraction of sp³-hybridized carbons (Fsp3) is 0.429. The van der Waals surface area contributed by atoms with Crippen LogP contribution in [0.5, 0.6) is 0 Å². The van der Waals surface area contributed by atoms with Gasteiger partial charge in [0, 0.05) is 24.4 Å². The van der Waals surface area contributed by atoms with Gasteiger partial charge < -0.3 is 5.73 Å². The van der Waals surface area contributed by atoms with Gasteiger partial charge in [0.2, 0.25) is 0 Å². The molecule has 1 fully saturated rings. The van der Waals surface area contributed by atoms with E-state index in [9.17, 15) is 0 Å². The SMILES string of the molecule is NC1CC1c1ncc(Br)cn1. The fourth-order valence-corrected chi connectivity index (χ4v) is 1.23. The molecule has 0 bridgehead atoms.